The van der Waals surface area contributed by atoms with Gasteiger partial charge in [-0.15, -0.1) is 0 Å². The van der Waals surface area contributed by atoms with Gasteiger partial charge in [-0.25, -0.2) is 0 Å². The van der Waals surface area contributed by atoms with Crippen LogP contribution in [0.5, 0.6) is 0 Å². The predicted molar refractivity (Wildman–Crippen MR) is 60.8 cm³/mol. The number of rotatable bonds is 3. The summed E-state index contributed by atoms with van der Waals surface area (Å²) >= 11 is 5.29. The fourth-order valence-corrected chi connectivity index (χ4v) is 1.59. The molecule has 0 saturated heterocycles. The van der Waals surface area contributed by atoms with Crippen LogP contribution in [-0.2, 0) is 0 Å². The first kappa shape index (κ1) is 10.8. The third-order valence-corrected chi connectivity index (χ3v) is 3.04. The van der Waals surface area contributed by atoms with Crippen molar-refractivity contribution >= 4 is 17.3 Å². The molecule has 0 radical (unpaired) electrons. The largest absolute Gasteiger partial charge is 0.362 e. The lowest BCUT2D eigenvalue weighted by molar-refractivity contribution is 0.238. The Balaban J connectivity index is 2.21. The van der Waals surface area contributed by atoms with E-state index in [0.717, 1.165) is 11.7 Å². The van der Waals surface area contributed by atoms with Crippen LogP contribution in [-0.4, -0.2) is 29.6 Å². The van der Waals surface area contributed by atoms with Gasteiger partial charge < -0.3 is 10.2 Å². The fourth-order valence-electron chi connectivity index (χ4n) is 1.36. The summed E-state index contributed by atoms with van der Waals surface area (Å²) < 4.78 is 0. The van der Waals surface area contributed by atoms with E-state index < -0.39 is 0 Å². The Morgan fingerprint density at radius 1 is 1.54 bits per heavy atom. The minimum atomic E-state index is 0.660. The van der Waals surface area contributed by atoms with Gasteiger partial charge in [-0.1, -0.05) is 13.8 Å². The SMILES string of the molecule is CC(C)CNC(=S)N(C)C1CCC1. The van der Waals surface area contributed by atoms with Gasteiger partial charge in [-0.2, -0.15) is 0 Å². The van der Waals surface area contributed by atoms with Crippen molar-refractivity contribution in [2.24, 2.45) is 5.92 Å². The van der Waals surface area contributed by atoms with Crippen molar-refractivity contribution in [2.45, 2.75) is 39.2 Å². The molecule has 1 aliphatic carbocycles. The second-order valence-electron chi connectivity index (χ2n) is 4.28. The predicted octanol–water partition coefficient (Wildman–Crippen LogP) is 2.00. The average molecular weight is 200 g/mol. The van der Waals surface area contributed by atoms with E-state index in [1.807, 2.05) is 0 Å². The van der Waals surface area contributed by atoms with E-state index in [-0.39, 0.29) is 0 Å². The van der Waals surface area contributed by atoms with Gasteiger partial charge in [0.15, 0.2) is 5.11 Å². The first-order valence-corrected chi connectivity index (χ1v) is 5.52. The Bertz CT molecular complexity index is 176. The van der Waals surface area contributed by atoms with Crippen molar-refractivity contribution in [1.29, 1.82) is 0 Å². The van der Waals surface area contributed by atoms with Gasteiger partial charge in [0.2, 0.25) is 0 Å². The van der Waals surface area contributed by atoms with Gasteiger partial charge in [0.05, 0.1) is 0 Å². The number of nitrogens with one attached hydrogen (secondary N) is 1. The summed E-state index contributed by atoms with van der Waals surface area (Å²) in [6.07, 6.45) is 3.97. The van der Waals surface area contributed by atoms with E-state index in [2.05, 4.69) is 31.1 Å². The van der Waals surface area contributed by atoms with Crippen molar-refractivity contribution in [3.63, 3.8) is 0 Å². The molecule has 1 N–H and O–H groups in total. The Hall–Kier alpha value is -0.310. The molecule has 0 unspecified atom stereocenters. The molecule has 0 atom stereocenters. The Kier molecular flexibility index (Phi) is 3.97. The van der Waals surface area contributed by atoms with Gasteiger partial charge in [0.25, 0.3) is 0 Å². The number of thiocarbonyl (C=S) groups is 1. The molecule has 1 saturated carbocycles. The molecule has 1 fully saturated rings. The maximum atomic E-state index is 5.29. The van der Waals surface area contributed by atoms with Crippen LogP contribution in [0.4, 0.5) is 0 Å². The lowest BCUT2D eigenvalue weighted by atomic mass is 9.92. The van der Waals surface area contributed by atoms with Gasteiger partial charge in [0.1, 0.15) is 0 Å². The molecule has 0 aromatic carbocycles. The molecular formula is C10H20N2S. The molecule has 0 aliphatic heterocycles. The van der Waals surface area contributed by atoms with Crippen molar-refractivity contribution < 1.29 is 0 Å². The second-order valence-corrected chi connectivity index (χ2v) is 4.66. The summed E-state index contributed by atoms with van der Waals surface area (Å²) in [7, 11) is 2.10. The van der Waals surface area contributed by atoms with E-state index in [0.29, 0.717) is 12.0 Å². The summed E-state index contributed by atoms with van der Waals surface area (Å²) in [6.45, 7) is 5.37. The molecule has 1 rings (SSSR count). The summed E-state index contributed by atoms with van der Waals surface area (Å²) in [4.78, 5) is 2.21. The molecule has 0 heterocycles. The number of hydrogen-bond acceptors (Lipinski definition) is 1. The van der Waals surface area contributed by atoms with E-state index >= 15 is 0 Å². The van der Waals surface area contributed by atoms with Crippen LogP contribution in [0.3, 0.4) is 0 Å². The Morgan fingerprint density at radius 2 is 2.15 bits per heavy atom. The first-order valence-electron chi connectivity index (χ1n) is 5.12. The average Bonchev–Trinajstić information content (AvgIpc) is 1.96. The highest BCUT2D eigenvalue weighted by Crippen LogP contribution is 2.23. The monoisotopic (exact) mass is 200 g/mol. The molecule has 0 spiro atoms. The molecule has 76 valence electrons. The Morgan fingerprint density at radius 3 is 2.54 bits per heavy atom. The van der Waals surface area contributed by atoms with Crippen molar-refractivity contribution in [3.8, 4) is 0 Å². The fraction of sp³-hybridized carbons (Fsp3) is 0.900. The highest BCUT2D eigenvalue weighted by atomic mass is 32.1. The van der Waals surface area contributed by atoms with Gasteiger partial charge >= 0.3 is 0 Å². The topological polar surface area (TPSA) is 15.3 Å². The summed E-state index contributed by atoms with van der Waals surface area (Å²) in [5.41, 5.74) is 0. The standard InChI is InChI=1S/C10H20N2S/c1-8(2)7-11-10(13)12(3)9-5-4-6-9/h8-9H,4-7H2,1-3H3,(H,11,13). The van der Waals surface area contributed by atoms with E-state index in [4.69, 9.17) is 12.2 Å². The summed E-state index contributed by atoms with van der Waals surface area (Å²) in [5, 5.41) is 4.20. The van der Waals surface area contributed by atoms with Crippen LogP contribution in [0, 0.1) is 5.92 Å². The van der Waals surface area contributed by atoms with Crippen LogP contribution in [0.2, 0.25) is 0 Å². The third-order valence-electron chi connectivity index (χ3n) is 2.60. The van der Waals surface area contributed by atoms with Crippen LogP contribution in [0.25, 0.3) is 0 Å². The maximum Gasteiger partial charge on any atom is 0.168 e. The quantitative estimate of drug-likeness (QED) is 0.702. The van der Waals surface area contributed by atoms with E-state index in [1.165, 1.54) is 19.3 Å². The van der Waals surface area contributed by atoms with Crippen LogP contribution in [0.15, 0.2) is 0 Å². The lowest BCUT2D eigenvalue weighted by Crippen LogP contribution is -2.47. The van der Waals surface area contributed by atoms with E-state index in [9.17, 15) is 0 Å². The zero-order chi connectivity index (χ0) is 9.84. The zero-order valence-corrected chi connectivity index (χ0v) is 9.66. The molecular weight excluding hydrogens is 180 g/mol. The molecule has 0 aromatic heterocycles. The van der Waals surface area contributed by atoms with Crippen LogP contribution in [0.1, 0.15) is 33.1 Å². The third kappa shape index (κ3) is 3.14. The summed E-state index contributed by atoms with van der Waals surface area (Å²) in [6, 6.07) is 0.701. The zero-order valence-electron chi connectivity index (χ0n) is 8.84. The summed E-state index contributed by atoms with van der Waals surface area (Å²) in [5.74, 6) is 0.660. The molecule has 1 aliphatic rings. The molecule has 3 heteroatoms. The maximum absolute atomic E-state index is 5.29. The number of hydrogen-bond donors (Lipinski definition) is 1. The van der Waals surface area contributed by atoms with Crippen molar-refractivity contribution in [1.82, 2.24) is 10.2 Å². The van der Waals surface area contributed by atoms with Crippen LogP contribution >= 0.6 is 12.2 Å². The van der Waals surface area contributed by atoms with Crippen molar-refractivity contribution in [3.05, 3.63) is 0 Å². The first-order chi connectivity index (χ1) is 6.11. The smallest absolute Gasteiger partial charge is 0.168 e. The van der Waals surface area contributed by atoms with E-state index in [1.54, 1.807) is 0 Å². The lowest BCUT2D eigenvalue weighted by Gasteiger charge is -2.36. The van der Waals surface area contributed by atoms with Gasteiger partial charge in [0, 0.05) is 19.6 Å². The molecule has 0 bridgehead atoms. The van der Waals surface area contributed by atoms with Gasteiger partial charge in [-0.05, 0) is 37.4 Å². The normalized spacial score (nSPS) is 16.9. The molecule has 13 heavy (non-hydrogen) atoms. The minimum Gasteiger partial charge on any atom is -0.362 e. The second kappa shape index (κ2) is 4.80. The Labute approximate surface area is 86.7 Å². The number of nitrogens with zero attached hydrogens (tertiary/aromatic N) is 1. The molecule has 0 amide bonds. The highest BCUT2D eigenvalue weighted by molar-refractivity contribution is 7.80. The minimum absolute atomic E-state index is 0.660. The molecule has 2 nitrogen and oxygen atoms in total. The highest BCUT2D eigenvalue weighted by Gasteiger charge is 2.23. The van der Waals surface area contributed by atoms with Crippen LogP contribution < -0.4 is 5.32 Å². The molecule has 0 aromatic rings. The van der Waals surface area contributed by atoms with Crippen molar-refractivity contribution in [2.75, 3.05) is 13.6 Å². The van der Waals surface area contributed by atoms with Gasteiger partial charge in [-0.3, -0.25) is 0 Å².